The molecule has 1 aromatic heterocycles. The highest BCUT2D eigenvalue weighted by Crippen LogP contribution is 2.22. The Bertz CT molecular complexity index is 722. The lowest BCUT2D eigenvalue weighted by atomic mass is 10.1. The number of carbonyl (C=O) groups excluding carboxylic acids is 1. The van der Waals surface area contributed by atoms with Gasteiger partial charge in [0.1, 0.15) is 4.88 Å². The first kappa shape index (κ1) is 16.2. The average molecular weight is 318 g/mol. The van der Waals surface area contributed by atoms with Crippen LogP contribution in [-0.2, 0) is 6.42 Å². The Balaban J connectivity index is 2.22. The second-order valence-electron chi connectivity index (χ2n) is 5.06. The number of aromatic nitrogens is 1. The van der Waals surface area contributed by atoms with Crippen molar-refractivity contribution < 1.29 is 14.7 Å². The number of carboxylic acid groups (broad SMARTS) is 1. The van der Waals surface area contributed by atoms with E-state index in [0.717, 1.165) is 17.8 Å². The lowest BCUT2D eigenvalue weighted by molar-refractivity contribution is 0.0695. The summed E-state index contributed by atoms with van der Waals surface area (Å²) in [7, 11) is 0. The Labute approximate surface area is 133 Å². The van der Waals surface area contributed by atoms with E-state index in [2.05, 4.69) is 17.2 Å². The van der Waals surface area contributed by atoms with Crippen LogP contribution in [0, 0.1) is 13.8 Å². The first-order valence-corrected chi connectivity index (χ1v) is 7.85. The molecule has 0 radical (unpaired) electrons. The second kappa shape index (κ2) is 6.70. The van der Waals surface area contributed by atoms with E-state index in [-0.39, 0.29) is 11.5 Å². The number of hydrogen-bond acceptors (Lipinski definition) is 4. The molecular formula is C16H18N2O3S. The van der Waals surface area contributed by atoms with Crippen LogP contribution in [0.1, 0.15) is 49.6 Å². The molecule has 0 aliphatic carbocycles. The van der Waals surface area contributed by atoms with Gasteiger partial charge in [0.05, 0.1) is 16.3 Å². The number of thiazole rings is 1. The van der Waals surface area contributed by atoms with Gasteiger partial charge in [-0.15, -0.1) is 11.3 Å². The van der Waals surface area contributed by atoms with Crippen LogP contribution in [0.2, 0.25) is 0 Å². The Morgan fingerprint density at radius 3 is 2.68 bits per heavy atom. The summed E-state index contributed by atoms with van der Waals surface area (Å²) in [6.07, 6.45) is 1.83. The highest BCUT2D eigenvalue weighted by atomic mass is 32.1. The van der Waals surface area contributed by atoms with Gasteiger partial charge >= 0.3 is 5.97 Å². The monoisotopic (exact) mass is 318 g/mol. The van der Waals surface area contributed by atoms with E-state index in [4.69, 9.17) is 5.11 Å². The fourth-order valence-electron chi connectivity index (χ4n) is 2.10. The van der Waals surface area contributed by atoms with Gasteiger partial charge in [-0.2, -0.15) is 0 Å². The number of aromatic carboxylic acids is 1. The Morgan fingerprint density at radius 1 is 1.32 bits per heavy atom. The van der Waals surface area contributed by atoms with Crippen molar-refractivity contribution >= 4 is 28.9 Å². The standard InChI is InChI=1S/C16H18N2O3S/c1-4-5-13-17-10(3)14(22-13)15(19)18-11-7-6-9(2)12(8-11)16(20)21/h6-8H,4-5H2,1-3H3,(H,18,19)(H,20,21). The number of nitrogens with zero attached hydrogens (tertiary/aromatic N) is 1. The molecule has 1 amide bonds. The topological polar surface area (TPSA) is 79.3 Å². The van der Waals surface area contributed by atoms with E-state index in [1.54, 1.807) is 19.1 Å². The molecule has 2 rings (SSSR count). The third kappa shape index (κ3) is 3.51. The van der Waals surface area contributed by atoms with Gasteiger partial charge < -0.3 is 10.4 Å². The molecule has 5 nitrogen and oxygen atoms in total. The Morgan fingerprint density at radius 2 is 2.05 bits per heavy atom. The molecule has 0 bridgehead atoms. The van der Waals surface area contributed by atoms with Crippen LogP contribution < -0.4 is 5.32 Å². The van der Waals surface area contributed by atoms with E-state index < -0.39 is 5.97 Å². The normalized spacial score (nSPS) is 10.5. The third-order valence-electron chi connectivity index (χ3n) is 3.24. The summed E-state index contributed by atoms with van der Waals surface area (Å²) in [6.45, 7) is 5.60. The molecule has 6 heteroatoms. The quantitative estimate of drug-likeness (QED) is 0.881. The minimum Gasteiger partial charge on any atom is -0.478 e. The van der Waals surface area contributed by atoms with Gasteiger partial charge in [-0.1, -0.05) is 13.0 Å². The van der Waals surface area contributed by atoms with E-state index in [1.807, 2.05) is 6.92 Å². The Kier molecular flexibility index (Phi) is 4.92. The predicted octanol–water partition coefficient (Wildman–Crippen LogP) is 3.66. The first-order chi connectivity index (χ1) is 10.4. The lowest BCUT2D eigenvalue weighted by Crippen LogP contribution is -2.12. The van der Waals surface area contributed by atoms with Gasteiger partial charge in [0.25, 0.3) is 5.91 Å². The number of aryl methyl sites for hydroxylation is 3. The summed E-state index contributed by atoms with van der Waals surface area (Å²) in [4.78, 5) is 28.4. The summed E-state index contributed by atoms with van der Waals surface area (Å²) in [5, 5.41) is 12.8. The number of amides is 1. The van der Waals surface area contributed by atoms with Crippen LogP contribution in [0.3, 0.4) is 0 Å². The third-order valence-corrected chi connectivity index (χ3v) is 4.45. The molecule has 0 spiro atoms. The molecule has 0 saturated heterocycles. The van der Waals surface area contributed by atoms with E-state index in [1.165, 1.54) is 17.4 Å². The van der Waals surface area contributed by atoms with Crippen molar-refractivity contribution in [3.05, 3.63) is 44.9 Å². The molecular weight excluding hydrogens is 300 g/mol. The number of hydrogen-bond donors (Lipinski definition) is 2. The van der Waals surface area contributed by atoms with Crippen molar-refractivity contribution in [2.24, 2.45) is 0 Å². The van der Waals surface area contributed by atoms with Crippen LogP contribution in [0.5, 0.6) is 0 Å². The van der Waals surface area contributed by atoms with Crippen LogP contribution in [0.25, 0.3) is 0 Å². The van der Waals surface area contributed by atoms with Crippen molar-refractivity contribution in [2.75, 3.05) is 5.32 Å². The van der Waals surface area contributed by atoms with Gasteiger partial charge in [-0.25, -0.2) is 9.78 Å². The van der Waals surface area contributed by atoms with Crippen molar-refractivity contribution in [3.63, 3.8) is 0 Å². The number of nitrogens with one attached hydrogen (secondary N) is 1. The highest BCUT2D eigenvalue weighted by molar-refractivity contribution is 7.13. The molecule has 0 aliphatic rings. The van der Waals surface area contributed by atoms with Crippen molar-refractivity contribution in [1.29, 1.82) is 0 Å². The maximum Gasteiger partial charge on any atom is 0.336 e. The van der Waals surface area contributed by atoms with Crippen molar-refractivity contribution in [2.45, 2.75) is 33.6 Å². The summed E-state index contributed by atoms with van der Waals surface area (Å²) in [5.41, 5.74) is 2.02. The zero-order chi connectivity index (χ0) is 16.3. The van der Waals surface area contributed by atoms with E-state index in [0.29, 0.717) is 21.8 Å². The number of benzene rings is 1. The van der Waals surface area contributed by atoms with Crippen LogP contribution >= 0.6 is 11.3 Å². The van der Waals surface area contributed by atoms with E-state index in [9.17, 15) is 9.59 Å². The molecule has 22 heavy (non-hydrogen) atoms. The molecule has 0 saturated carbocycles. The predicted molar refractivity (Wildman–Crippen MR) is 86.9 cm³/mol. The van der Waals surface area contributed by atoms with Crippen molar-refractivity contribution in [1.82, 2.24) is 4.98 Å². The van der Waals surface area contributed by atoms with Gasteiger partial charge in [0.15, 0.2) is 0 Å². The SMILES string of the molecule is CCCc1nc(C)c(C(=O)Nc2ccc(C)c(C(=O)O)c2)s1. The molecule has 0 atom stereocenters. The van der Waals surface area contributed by atoms with Gasteiger partial charge in [0.2, 0.25) is 0 Å². The van der Waals surface area contributed by atoms with Crippen LogP contribution in [0.4, 0.5) is 5.69 Å². The zero-order valence-corrected chi connectivity index (χ0v) is 13.6. The van der Waals surface area contributed by atoms with Crippen molar-refractivity contribution in [3.8, 4) is 0 Å². The summed E-state index contributed by atoms with van der Waals surface area (Å²) >= 11 is 1.39. The molecule has 116 valence electrons. The number of carboxylic acids is 1. The highest BCUT2D eigenvalue weighted by Gasteiger charge is 2.16. The molecule has 0 unspecified atom stereocenters. The van der Waals surface area contributed by atoms with Crippen LogP contribution in [-0.4, -0.2) is 22.0 Å². The number of anilines is 1. The molecule has 0 fully saturated rings. The summed E-state index contributed by atoms with van der Waals surface area (Å²) in [6, 6.07) is 4.85. The number of carbonyl (C=O) groups is 2. The van der Waals surface area contributed by atoms with E-state index >= 15 is 0 Å². The molecule has 2 N–H and O–H groups in total. The smallest absolute Gasteiger partial charge is 0.336 e. The maximum absolute atomic E-state index is 12.3. The summed E-state index contributed by atoms with van der Waals surface area (Å²) < 4.78 is 0. The molecule has 0 aliphatic heterocycles. The lowest BCUT2D eigenvalue weighted by Gasteiger charge is -2.07. The van der Waals surface area contributed by atoms with Crippen LogP contribution in [0.15, 0.2) is 18.2 Å². The molecule has 1 heterocycles. The zero-order valence-electron chi connectivity index (χ0n) is 12.8. The first-order valence-electron chi connectivity index (χ1n) is 7.04. The number of rotatable bonds is 5. The second-order valence-corrected chi connectivity index (χ2v) is 6.14. The van der Waals surface area contributed by atoms with Gasteiger partial charge in [0, 0.05) is 5.69 Å². The molecule has 2 aromatic rings. The molecule has 1 aromatic carbocycles. The minimum absolute atomic E-state index is 0.186. The van der Waals surface area contributed by atoms with Gasteiger partial charge in [-0.3, -0.25) is 4.79 Å². The maximum atomic E-state index is 12.3. The fraction of sp³-hybridized carbons (Fsp3) is 0.312. The Hall–Kier alpha value is -2.21. The largest absolute Gasteiger partial charge is 0.478 e. The fourth-order valence-corrected chi connectivity index (χ4v) is 3.16. The average Bonchev–Trinajstić information content (AvgIpc) is 2.82. The van der Waals surface area contributed by atoms with Gasteiger partial charge in [-0.05, 0) is 44.4 Å². The summed E-state index contributed by atoms with van der Waals surface area (Å²) in [5.74, 6) is -1.26. The minimum atomic E-state index is -1.01.